The van der Waals surface area contributed by atoms with Crippen LogP contribution in [-0.4, -0.2) is 11.3 Å². The van der Waals surface area contributed by atoms with E-state index in [4.69, 9.17) is 5.73 Å². The fourth-order valence-corrected chi connectivity index (χ4v) is 1.24. The van der Waals surface area contributed by atoms with E-state index in [-0.39, 0.29) is 11.3 Å². The predicted molar refractivity (Wildman–Crippen MR) is 50.8 cm³/mol. The summed E-state index contributed by atoms with van der Waals surface area (Å²) in [4.78, 5) is 9.90. The maximum Gasteiger partial charge on any atom is 0.272 e. The summed E-state index contributed by atoms with van der Waals surface area (Å²) in [5.74, 6) is 0. The third-order valence-corrected chi connectivity index (χ3v) is 2.07. The van der Waals surface area contributed by atoms with Gasteiger partial charge in [-0.2, -0.15) is 0 Å². The quantitative estimate of drug-likeness (QED) is 0.621. The summed E-state index contributed by atoms with van der Waals surface area (Å²) in [5, 5.41) is 10.5. The molecule has 0 spiro atoms. The van der Waals surface area contributed by atoms with Crippen molar-refractivity contribution in [2.24, 2.45) is 5.73 Å². The first-order valence-corrected chi connectivity index (χ1v) is 4.22. The molecule has 0 aliphatic heterocycles. The van der Waals surface area contributed by atoms with E-state index in [1.165, 1.54) is 25.1 Å². The van der Waals surface area contributed by atoms with Gasteiger partial charge in [0.15, 0.2) is 0 Å². The summed E-state index contributed by atoms with van der Waals surface area (Å²) in [6, 6.07) is 2.36. The van der Waals surface area contributed by atoms with Crippen LogP contribution in [-0.2, 0) is 0 Å². The van der Waals surface area contributed by atoms with Crippen LogP contribution in [0.2, 0.25) is 0 Å². The molecule has 0 saturated heterocycles. The van der Waals surface area contributed by atoms with Crippen LogP contribution in [0.1, 0.15) is 17.2 Å². The van der Waals surface area contributed by atoms with Crippen LogP contribution in [0.25, 0.3) is 0 Å². The van der Waals surface area contributed by atoms with Crippen molar-refractivity contribution >= 4 is 5.69 Å². The highest BCUT2D eigenvalue weighted by molar-refractivity contribution is 5.42. The molecule has 1 atom stereocenters. The van der Waals surface area contributed by atoms with Gasteiger partial charge in [-0.1, -0.05) is 6.07 Å². The van der Waals surface area contributed by atoms with Gasteiger partial charge in [-0.3, -0.25) is 10.1 Å². The van der Waals surface area contributed by atoms with Gasteiger partial charge in [0.25, 0.3) is 12.1 Å². The van der Waals surface area contributed by atoms with Crippen molar-refractivity contribution < 1.29 is 13.7 Å². The number of nitro benzene ring substituents is 1. The number of benzene rings is 1. The molecule has 0 fully saturated rings. The lowest BCUT2D eigenvalue weighted by atomic mass is 10.0. The molecule has 0 amide bonds. The number of aryl methyl sites for hydroxylation is 1. The van der Waals surface area contributed by atoms with E-state index < -0.39 is 17.4 Å². The summed E-state index contributed by atoms with van der Waals surface area (Å²) in [7, 11) is 0. The molecule has 1 aromatic carbocycles. The molecule has 1 rings (SSSR count). The number of alkyl halides is 2. The third-order valence-electron chi connectivity index (χ3n) is 2.07. The second kappa shape index (κ2) is 4.31. The van der Waals surface area contributed by atoms with Crippen LogP contribution in [0.15, 0.2) is 18.2 Å². The van der Waals surface area contributed by atoms with Crippen LogP contribution < -0.4 is 5.73 Å². The molecule has 82 valence electrons. The Hall–Kier alpha value is -1.56. The van der Waals surface area contributed by atoms with Gasteiger partial charge in [0, 0.05) is 11.6 Å². The molecule has 0 aliphatic rings. The molecular formula is C9H10F2N2O2. The average Bonchev–Trinajstić information content (AvgIpc) is 2.15. The zero-order chi connectivity index (χ0) is 11.6. The SMILES string of the molecule is Cc1cc(C(N)C(F)F)ccc1[N+](=O)[O-]. The third kappa shape index (κ3) is 2.47. The van der Waals surface area contributed by atoms with Crippen molar-refractivity contribution in [2.45, 2.75) is 19.4 Å². The Morgan fingerprint density at radius 3 is 2.47 bits per heavy atom. The van der Waals surface area contributed by atoms with E-state index in [2.05, 4.69) is 0 Å². The Morgan fingerprint density at radius 1 is 1.47 bits per heavy atom. The number of hydrogen-bond acceptors (Lipinski definition) is 3. The molecule has 0 aromatic heterocycles. The van der Waals surface area contributed by atoms with Crippen molar-refractivity contribution in [1.29, 1.82) is 0 Å². The largest absolute Gasteiger partial charge is 0.319 e. The standard InChI is InChI=1S/C9H10F2N2O2/c1-5-4-6(8(12)9(10)11)2-3-7(5)13(14)15/h2-4,8-9H,12H2,1H3. The van der Waals surface area contributed by atoms with Crippen molar-refractivity contribution in [3.8, 4) is 0 Å². The summed E-state index contributed by atoms with van der Waals surface area (Å²) >= 11 is 0. The first-order chi connectivity index (χ1) is 6.93. The summed E-state index contributed by atoms with van der Waals surface area (Å²) in [6.07, 6.45) is -2.68. The van der Waals surface area contributed by atoms with Crippen LogP contribution in [0.5, 0.6) is 0 Å². The Labute approximate surface area is 84.9 Å². The monoisotopic (exact) mass is 216 g/mol. The number of hydrogen-bond donors (Lipinski definition) is 1. The van der Waals surface area contributed by atoms with Crippen molar-refractivity contribution in [3.05, 3.63) is 39.4 Å². The normalized spacial score (nSPS) is 12.9. The number of rotatable bonds is 3. The smallest absolute Gasteiger partial charge is 0.272 e. The van der Waals surface area contributed by atoms with Gasteiger partial charge in [0.2, 0.25) is 0 Å². The molecule has 15 heavy (non-hydrogen) atoms. The molecule has 0 radical (unpaired) electrons. The van der Waals surface area contributed by atoms with Crippen molar-refractivity contribution in [1.82, 2.24) is 0 Å². The Bertz CT molecular complexity index is 382. The van der Waals surface area contributed by atoms with E-state index >= 15 is 0 Å². The molecule has 0 saturated carbocycles. The van der Waals surface area contributed by atoms with Gasteiger partial charge in [0.05, 0.1) is 11.0 Å². The minimum absolute atomic E-state index is 0.0970. The Kier molecular flexibility index (Phi) is 3.31. The van der Waals surface area contributed by atoms with Gasteiger partial charge < -0.3 is 5.73 Å². The minimum atomic E-state index is -2.68. The fourth-order valence-electron chi connectivity index (χ4n) is 1.24. The van der Waals surface area contributed by atoms with E-state index in [9.17, 15) is 18.9 Å². The highest BCUT2D eigenvalue weighted by atomic mass is 19.3. The first-order valence-electron chi connectivity index (χ1n) is 4.22. The molecule has 0 bridgehead atoms. The average molecular weight is 216 g/mol. The zero-order valence-electron chi connectivity index (χ0n) is 7.98. The molecule has 2 N–H and O–H groups in total. The maximum absolute atomic E-state index is 12.2. The van der Waals surface area contributed by atoms with E-state index in [0.717, 1.165) is 0 Å². The molecule has 1 aromatic rings. The predicted octanol–water partition coefficient (Wildman–Crippen LogP) is 2.17. The second-order valence-electron chi connectivity index (χ2n) is 3.16. The Balaban J connectivity index is 3.06. The molecule has 4 nitrogen and oxygen atoms in total. The number of nitrogens with two attached hydrogens (primary N) is 1. The van der Waals surface area contributed by atoms with Gasteiger partial charge in [-0.05, 0) is 18.6 Å². The van der Waals surface area contributed by atoms with Gasteiger partial charge in [-0.25, -0.2) is 8.78 Å². The number of nitrogens with zero attached hydrogens (tertiary/aromatic N) is 1. The molecule has 6 heteroatoms. The molecular weight excluding hydrogens is 206 g/mol. The zero-order valence-corrected chi connectivity index (χ0v) is 7.98. The number of nitro groups is 1. The van der Waals surface area contributed by atoms with E-state index in [1.807, 2.05) is 0 Å². The lowest BCUT2D eigenvalue weighted by Gasteiger charge is -2.11. The highest BCUT2D eigenvalue weighted by Gasteiger charge is 2.19. The van der Waals surface area contributed by atoms with Crippen molar-refractivity contribution in [3.63, 3.8) is 0 Å². The van der Waals surface area contributed by atoms with E-state index in [1.54, 1.807) is 0 Å². The van der Waals surface area contributed by atoms with Gasteiger partial charge in [-0.15, -0.1) is 0 Å². The van der Waals surface area contributed by atoms with Crippen LogP contribution in [0, 0.1) is 17.0 Å². The summed E-state index contributed by atoms with van der Waals surface area (Å²) in [6.45, 7) is 1.49. The van der Waals surface area contributed by atoms with Crippen LogP contribution in [0.3, 0.4) is 0 Å². The number of halogens is 2. The molecule has 0 aliphatic carbocycles. The summed E-state index contributed by atoms with van der Waals surface area (Å²) < 4.78 is 24.5. The van der Waals surface area contributed by atoms with E-state index in [0.29, 0.717) is 5.56 Å². The van der Waals surface area contributed by atoms with Gasteiger partial charge >= 0.3 is 0 Å². The Morgan fingerprint density at radius 2 is 2.07 bits per heavy atom. The molecule has 1 unspecified atom stereocenters. The fraction of sp³-hybridized carbons (Fsp3) is 0.333. The lowest BCUT2D eigenvalue weighted by Crippen LogP contribution is -2.19. The molecule has 0 heterocycles. The lowest BCUT2D eigenvalue weighted by molar-refractivity contribution is -0.385. The van der Waals surface area contributed by atoms with Gasteiger partial charge in [0.1, 0.15) is 0 Å². The van der Waals surface area contributed by atoms with Crippen molar-refractivity contribution in [2.75, 3.05) is 0 Å². The van der Waals surface area contributed by atoms with Crippen LogP contribution in [0.4, 0.5) is 14.5 Å². The maximum atomic E-state index is 12.2. The van der Waals surface area contributed by atoms with Crippen LogP contribution >= 0.6 is 0 Å². The summed E-state index contributed by atoms with van der Waals surface area (Å²) in [5.41, 5.74) is 5.65. The highest BCUT2D eigenvalue weighted by Crippen LogP contribution is 2.24. The minimum Gasteiger partial charge on any atom is -0.319 e. The topological polar surface area (TPSA) is 69.2 Å². The first kappa shape index (κ1) is 11.5. The second-order valence-corrected chi connectivity index (χ2v) is 3.16.